The van der Waals surface area contributed by atoms with Crippen LogP contribution in [0.3, 0.4) is 0 Å². The van der Waals surface area contributed by atoms with Gasteiger partial charge in [0.1, 0.15) is 12.0 Å². The highest BCUT2D eigenvalue weighted by atomic mass is 16.1. The third-order valence-electron chi connectivity index (χ3n) is 2.88. The van der Waals surface area contributed by atoms with Gasteiger partial charge in [0, 0.05) is 12.6 Å². The van der Waals surface area contributed by atoms with E-state index in [-0.39, 0.29) is 5.78 Å². The Morgan fingerprint density at radius 2 is 2.25 bits per heavy atom. The molecule has 0 spiro atoms. The van der Waals surface area contributed by atoms with Crippen LogP contribution in [0.2, 0.25) is 0 Å². The molecule has 1 unspecified atom stereocenters. The third-order valence-corrected chi connectivity index (χ3v) is 2.88. The van der Waals surface area contributed by atoms with Crippen molar-refractivity contribution >= 4 is 5.78 Å². The lowest BCUT2D eigenvalue weighted by atomic mass is 9.93. The fourth-order valence-electron chi connectivity index (χ4n) is 1.77. The first-order valence-corrected chi connectivity index (χ1v) is 6.07. The van der Waals surface area contributed by atoms with Crippen LogP contribution >= 0.6 is 0 Å². The number of carbonyl (C=O) groups is 1. The molecule has 1 aromatic heterocycles. The van der Waals surface area contributed by atoms with Gasteiger partial charge in [0.05, 0.1) is 0 Å². The maximum Gasteiger partial charge on any atom is 0.181 e. The smallest absolute Gasteiger partial charge is 0.181 e. The summed E-state index contributed by atoms with van der Waals surface area (Å²) >= 11 is 0. The lowest BCUT2D eigenvalue weighted by Crippen LogP contribution is -2.09. The van der Waals surface area contributed by atoms with Crippen molar-refractivity contribution in [1.29, 1.82) is 0 Å². The molecule has 16 heavy (non-hydrogen) atoms. The maximum absolute atomic E-state index is 11.9. The molecule has 0 radical (unpaired) electrons. The summed E-state index contributed by atoms with van der Waals surface area (Å²) in [5, 5.41) is 0. The van der Waals surface area contributed by atoms with E-state index in [4.69, 9.17) is 0 Å². The molecule has 88 valence electrons. The number of unbranched alkanes of at least 4 members (excludes halogenated alkanes) is 1. The van der Waals surface area contributed by atoms with Crippen LogP contribution in [-0.4, -0.2) is 15.8 Å². The van der Waals surface area contributed by atoms with E-state index < -0.39 is 0 Å². The van der Waals surface area contributed by atoms with Gasteiger partial charge in [-0.2, -0.15) is 0 Å². The van der Waals surface area contributed by atoms with E-state index >= 15 is 0 Å². The minimum absolute atomic E-state index is 0.144. The Morgan fingerprint density at radius 3 is 2.81 bits per heavy atom. The second-order valence-electron chi connectivity index (χ2n) is 4.14. The lowest BCUT2D eigenvalue weighted by Gasteiger charge is -2.12. The predicted octanol–water partition coefficient (Wildman–Crippen LogP) is 3.27. The molecule has 0 bridgehead atoms. The zero-order valence-electron chi connectivity index (χ0n) is 10.1. The minimum atomic E-state index is 0.144. The highest BCUT2D eigenvalue weighted by Crippen LogP contribution is 2.18. The highest BCUT2D eigenvalue weighted by Gasteiger charge is 2.14. The van der Waals surface area contributed by atoms with Gasteiger partial charge in [-0.1, -0.05) is 39.5 Å². The molecule has 3 heteroatoms. The molecule has 1 aromatic rings. The molecule has 0 aliphatic heterocycles. The van der Waals surface area contributed by atoms with Crippen molar-refractivity contribution in [1.82, 2.24) is 9.97 Å². The van der Waals surface area contributed by atoms with Crippen molar-refractivity contribution < 1.29 is 4.79 Å². The van der Waals surface area contributed by atoms with Crippen LogP contribution in [0.1, 0.15) is 56.4 Å². The standard InChI is InChI=1S/C13H20N2O/c1-3-5-6-11(4-2)9-13(16)12-7-8-14-10-15-12/h7-8,10-11H,3-6,9H2,1-2H3. The molecule has 1 rings (SSSR count). The molecule has 1 heterocycles. The first kappa shape index (κ1) is 12.8. The van der Waals surface area contributed by atoms with Crippen molar-refractivity contribution in [2.24, 2.45) is 5.92 Å². The largest absolute Gasteiger partial charge is 0.292 e. The number of Topliss-reactive ketones (excluding diaryl/α,β-unsaturated/α-hetero) is 1. The Kier molecular flexibility index (Phi) is 5.68. The molecule has 0 saturated carbocycles. The van der Waals surface area contributed by atoms with Gasteiger partial charge < -0.3 is 0 Å². The summed E-state index contributed by atoms with van der Waals surface area (Å²) in [6, 6.07) is 1.69. The average molecular weight is 220 g/mol. The maximum atomic E-state index is 11.9. The fraction of sp³-hybridized carbons (Fsp3) is 0.615. The molecular weight excluding hydrogens is 200 g/mol. The average Bonchev–Trinajstić information content (AvgIpc) is 2.35. The van der Waals surface area contributed by atoms with Crippen molar-refractivity contribution in [2.45, 2.75) is 46.0 Å². The van der Waals surface area contributed by atoms with Gasteiger partial charge in [-0.15, -0.1) is 0 Å². The number of ketones is 1. The topological polar surface area (TPSA) is 42.9 Å². The van der Waals surface area contributed by atoms with Crippen LogP contribution in [-0.2, 0) is 0 Å². The van der Waals surface area contributed by atoms with E-state index in [2.05, 4.69) is 23.8 Å². The van der Waals surface area contributed by atoms with E-state index in [1.807, 2.05) is 0 Å². The Balaban J connectivity index is 2.49. The highest BCUT2D eigenvalue weighted by molar-refractivity contribution is 5.94. The molecule has 0 N–H and O–H groups in total. The number of hydrogen-bond acceptors (Lipinski definition) is 3. The van der Waals surface area contributed by atoms with Crippen LogP contribution < -0.4 is 0 Å². The minimum Gasteiger partial charge on any atom is -0.292 e. The molecule has 0 aromatic carbocycles. The second-order valence-corrected chi connectivity index (χ2v) is 4.14. The van der Waals surface area contributed by atoms with Gasteiger partial charge in [-0.05, 0) is 12.0 Å². The number of aromatic nitrogens is 2. The van der Waals surface area contributed by atoms with E-state index in [9.17, 15) is 4.79 Å². The van der Waals surface area contributed by atoms with Gasteiger partial charge in [-0.3, -0.25) is 4.79 Å². The van der Waals surface area contributed by atoms with Crippen LogP contribution in [0.15, 0.2) is 18.6 Å². The molecule has 0 aliphatic carbocycles. The SMILES string of the molecule is CCCCC(CC)CC(=O)c1ccncn1. The predicted molar refractivity (Wildman–Crippen MR) is 64.3 cm³/mol. The molecule has 0 aliphatic rings. The number of rotatable bonds is 7. The zero-order chi connectivity index (χ0) is 11.8. The fourth-order valence-corrected chi connectivity index (χ4v) is 1.77. The number of nitrogens with zero attached hydrogens (tertiary/aromatic N) is 2. The third kappa shape index (κ3) is 4.09. The van der Waals surface area contributed by atoms with Crippen LogP contribution in [0, 0.1) is 5.92 Å². The monoisotopic (exact) mass is 220 g/mol. The van der Waals surface area contributed by atoms with Gasteiger partial charge in [0.2, 0.25) is 0 Å². The first-order valence-electron chi connectivity index (χ1n) is 6.07. The molecule has 0 saturated heterocycles. The molecule has 1 atom stereocenters. The summed E-state index contributed by atoms with van der Waals surface area (Å²) in [6.45, 7) is 4.33. The summed E-state index contributed by atoms with van der Waals surface area (Å²) in [5.41, 5.74) is 0.546. The Hall–Kier alpha value is -1.25. The van der Waals surface area contributed by atoms with Gasteiger partial charge in [0.15, 0.2) is 5.78 Å². The summed E-state index contributed by atoms with van der Waals surface area (Å²) in [4.78, 5) is 19.7. The lowest BCUT2D eigenvalue weighted by molar-refractivity contribution is 0.0952. The van der Waals surface area contributed by atoms with Crippen molar-refractivity contribution in [3.05, 3.63) is 24.3 Å². The molecular formula is C13H20N2O. The van der Waals surface area contributed by atoms with E-state index in [1.54, 1.807) is 12.3 Å². The van der Waals surface area contributed by atoms with Crippen molar-refractivity contribution in [3.8, 4) is 0 Å². The second kappa shape index (κ2) is 7.09. The Bertz CT molecular complexity index is 311. The first-order chi connectivity index (χ1) is 7.77. The van der Waals surface area contributed by atoms with Gasteiger partial charge in [0.25, 0.3) is 0 Å². The van der Waals surface area contributed by atoms with Gasteiger partial charge in [-0.25, -0.2) is 9.97 Å². The number of carbonyl (C=O) groups excluding carboxylic acids is 1. The normalized spacial score (nSPS) is 12.4. The Labute approximate surface area is 97.3 Å². The van der Waals surface area contributed by atoms with Crippen LogP contribution in [0.25, 0.3) is 0 Å². The van der Waals surface area contributed by atoms with E-state index in [0.29, 0.717) is 18.0 Å². The molecule has 3 nitrogen and oxygen atoms in total. The van der Waals surface area contributed by atoms with Crippen LogP contribution in [0.4, 0.5) is 0 Å². The molecule has 0 amide bonds. The van der Waals surface area contributed by atoms with E-state index in [0.717, 1.165) is 12.8 Å². The van der Waals surface area contributed by atoms with Crippen LogP contribution in [0.5, 0.6) is 0 Å². The quantitative estimate of drug-likeness (QED) is 0.662. The van der Waals surface area contributed by atoms with E-state index in [1.165, 1.54) is 19.2 Å². The Morgan fingerprint density at radius 1 is 1.44 bits per heavy atom. The summed E-state index contributed by atoms with van der Waals surface area (Å²) in [5.74, 6) is 0.646. The van der Waals surface area contributed by atoms with Crippen molar-refractivity contribution in [2.75, 3.05) is 0 Å². The van der Waals surface area contributed by atoms with Crippen molar-refractivity contribution in [3.63, 3.8) is 0 Å². The summed E-state index contributed by atoms with van der Waals surface area (Å²) in [6.07, 6.45) is 8.27. The summed E-state index contributed by atoms with van der Waals surface area (Å²) in [7, 11) is 0. The molecule has 0 fully saturated rings. The number of hydrogen-bond donors (Lipinski definition) is 0. The zero-order valence-corrected chi connectivity index (χ0v) is 10.1. The van der Waals surface area contributed by atoms with Gasteiger partial charge >= 0.3 is 0 Å². The summed E-state index contributed by atoms with van der Waals surface area (Å²) < 4.78 is 0.